The Balaban J connectivity index is 2.24. The fourth-order valence-electron chi connectivity index (χ4n) is 2.06. The lowest BCUT2D eigenvalue weighted by Crippen LogP contribution is -2.34. The number of rotatable bonds is 2. The minimum Gasteiger partial charge on any atom is -0.288 e. The van der Waals surface area contributed by atoms with Crippen molar-refractivity contribution < 1.29 is 4.79 Å². The Bertz CT molecular complexity index is 374. The molecule has 0 aliphatic heterocycles. The molecular formula is C12H16N2O. The average Bonchev–Trinajstić information content (AvgIpc) is 2.29. The standard InChI is InChI=1S/C12H16N2O/c1-13-14-12(15)11-7-6-9-4-2-3-5-10(9)8-11/h6-8,13H,2-5H2,1H3,(H,14,15). The number of hydrazine groups is 1. The smallest absolute Gasteiger partial charge is 0.265 e. The van der Waals surface area contributed by atoms with Crippen molar-refractivity contribution in [3.63, 3.8) is 0 Å². The van der Waals surface area contributed by atoms with Gasteiger partial charge in [0, 0.05) is 12.6 Å². The summed E-state index contributed by atoms with van der Waals surface area (Å²) in [5.74, 6) is -0.0640. The molecule has 0 saturated carbocycles. The topological polar surface area (TPSA) is 41.1 Å². The van der Waals surface area contributed by atoms with E-state index in [1.54, 1.807) is 7.05 Å². The molecule has 0 aromatic heterocycles. The molecule has 0 unspecified atom stereocenters. The quantitative estimate of drug-likeness (QED) is 0.715. The molecule has 0 heterocycles. The summed E-state index contributed by atoms with van der Waals surface area (Å²) in [7, 11) is 1.69. The van der Waals surface area contributed by atoms with Gasteiger partial charge in [-0.1, -0.05) is 6.07 Å². The summed E-state index contributed by atoms with van der Waals surface area (Å²) < 4.78 is 0. The van der Waals surface area contributed by atoms with Crippen molar-refractivity contribution in [3.05, 3.63) is 34.9 Å². The van der Waals surface area contributed by atoms with E-state index in [2.05, 4.69) is 16.9 Å². The molecule has 0 bridgehead atoms. The molecule has 15 heavy (non-hydrogen) atoms. The van der Waals surface area contributed by atoms with Crippen molar-refractivity contribution in [2.45, 2.75) is 25.7 Å². The molecule has 3 nitrogen and oxygen atoms in total. The van der Waals surface area contributed by atoms with Gasteiger partial charge in [0.25, 0.3) is 5.91 Å². The molecule has 1 aliphatic rings. The highest BCUT2D eigenvalue weighted by molar-refractivity contribution is 5.94. The molecule has 1 aromatic carbocycles. The molecule has 3 heteroatoms. The van der Waals surface area contributed by atoms with Gasteiger partial charge in [-0.05, 0) is 48.9 Å². The van der Waals surface area contributed by atoms with Crippen LogP contribution in [0.5, 0.6) is 0 Å². The minimum absolute atomic E-state index is 0.0640. The molecular weight excluding hydrogens is 188 g/mol. The second-order valence-corrected chi connectivity index (χ2v) is 3.89. The van der Waals surface area contributed by atoms with E-state index in [0.717, 1.165) is 18.4 Å². The van der Waals surface area contributed by atoms with Crippen LogP contribution in [0.15, 0.2) is 18.2 Å². The van der Waals surface area contributed by atoms with E-state index in [-0.39, 0.29) is 5.91 Å². The van der Waals surface area contributed by atoms with Crippen molar-refractivity contribution in [2.75, 3.05) is 7.05 Å². The second kappa shape index (κ2) is 4.45. The summed E-state index contributed by atoms with van der Waals surface area (Å²) in [5, 5.41) is 0. The third kappa shape index (κ3) is 2.18. The summed E-state index contributed by atoms with van der Waals surface area (Å²) >= 11 is 0. The van der Waals surface area contributed by atoms with E-state index in [1.807, 2.05) is 12.1 Å². The van der Waals surface area contributed by atoms with Crippen LogP contribution >= 0.6 is 0 Å². The van der Waals surface area contributed by atoms with Gasteiger partial charge in [-0.25, -0.2) is 5.43 Å². The van der Waals surface area contributed by atoms with Gasteiger partial charge in [-0.15, -0.1) is 0 Å². The lowest BCUT2D eigenvalue weighted by molar-refractivity contribution is 0.0938. The van der Waals surface area contributed by atoms with Crippen LogP contribution in [0.2, 0.25) is 0 Å². The fraction of sp³-hybridized carbons (Fsp3) is 0.417. The van der Waals surface area contributed by atoms with Gasteiger partial charge >= 0.3 is 0 Å². The van der Waals surface area contributed by atoms with Crippen LogP contribution < -0.4 is 10.9 Å². The van der Waals surface area contributed by atoms with E-state index in [1.165, 1.54) is 24.0 Å². The lowest BCUT2D eigenvalue weighted by atomic mass is 9.90. The lowest BCUT2D eigenvalue weighted by Gasteiger charge is -2.16. The zero-order valence-electron chi connectivity index (χ0n) is 8.97. The van der Waals surface area contributed by atoms with Gasteiger partial charge in [-0.2, -0.15) is 0 Å². The third-order valence-electron chi connectivity index (χ3n) is 2.85. The first-order valence-corrected chi connectivity index (χ1v) is 5.40. The Hall–Kier alpha value is -1.35. The zero-order valence-corrected chi connectivity index (χ0v) is 8.97. The van der Waals surface area contributed by atoms with Crippen LogP contribution in [0.3, 0.4) is 0 Å². The van der Waals surface area contributed by atoms with Crippen LogP contribution in [0.25, 0.3) is 0 Å². The predicted octanol–water partition coefficient (Wildman–Crippen LogP) is 1.43. The fourth-order valence-corrected chi connectivity index (χ4v) is 2.06. The Morgan fingerprint density at radius 2 is 1.93 bits per heavy atom. The van der Waals surface area contributed by atoms with Crippen molar-refractivity contribution in [1.29, 1.82) is 0 Å². The number of carbonyl (C=O) groups is 1. The largest absolute Gasteiger partial charge is 0.288 e. The van der Waals surface area contributed by atoms with Crippen LogP contribution in [0, 0.1) is 0 Å². The minimum atomic E-state index is -0.0640. The molecule has 2 N–H and O–H groups in total. The highest BCUT2D eigenvalue weighted by Crippen LogP contribution is 2.22. The number of aryl methyl sites for hydroxylation is 2. The van der Waals surface area contributed by atoms with Crippen molar-refractivity contribution in [3.8, 4) is 0 Å². The van der Waals surface area contributed by atoms with Crippen LogP contribution in [-0.2, 0) is 12.8 Å². The summed E-state index contributed by atoms with van der Waals surface area (Å²) in [6, 6.07) is 6.00. The number of amides is 1. The third-order valence-corrected chi connectivity index (χ3v) is 2.85. The van der Waals surface area contributed by atoms with Gasteiger partial charge in [0.15, 0.2) is 0 Å². The highest BCUT2D eigenvalue weighted by Gasteiger charge is 2.12. The maximum Gasteiger partial charge on any atom is 0.265 e. The highest BCUT2D eigenvalue weighted by atomic mass is 16.2. The number of carbonyl (C=O) groups excluding carboxylic acids is 1. The Labute approximate surface area is 89.8 Å². The molecule has 0 atom stereocenters. The molecule has 1 aromatic rings. The van der Waals surface area contributed by atoms with Crippen molar-refractivity contribution in [1.82, 2.24) is 10.9 Å². The summed E-state index contributed by atoms with van der Waals surface area (Å²) in [6.07, 6.45) is 4.78. The number of fused-ring (bicyclic) bond motifs is 1. The van der Waals surface area contributed by atoms with E-state index < -0.39 is 0 Å². The normalized spacial score (nSPS) is 14.5. The summed E-state index contributed by atoms with van der Waals surface area (Å²) in [5.41, 5.74) is 8.71. The summed E-state index contributed by atoms with van der Waals surface area (Å²) in [6.45, 7) is 0. The molecule has 0 radical (unpaired) electrons. The van der Waals surface area contributed by atoms with Crippen LogP contribution in [0.1, 0.15) is 34.3 Å². The monoisotopic (exact) mass is 204 g/mol. The first-order valence-electron chi connectivity index (χ1n) is 5.40. The van der Waals surface area contributed by atoms with Gasteiger partial charge in [0.2, 0.25) is 0 Å². The molecule has 1 amide bonds. The molecule has 0 saturated heterocycles. The van der Waals surface area contributed by atoms with Gasteiger partial charge in [0.05, 0.1) is 0 Å². The molecule has 1 aliphatic carbocycles. The Morgan fingerprint density at radius 1 is 1.20 bits per heavy atom. The van der Waals surface area contributed by atoms with Gasteiger partial charge < -0.3 is 0 Å². The van der Waals surface area contributed by atoms with Crippen LogP contribution in [0.4, 0.5) is 0 Å². The number of benzene rings is 1. The van der Waals surface area contributed by atoms with Crippen molar-refractivity contribution >= 4 is 5.91 Å². The van der Waals surface area contributed by atoms with E-state index in [0.29, 0.717) is 0 Å². The van der Waals surface area contributed by atoms with Gasteiger partial charge in [-0.3, -0.25) is 10.2 Å². The Morgan fingerprint density at radius 3 is 2.67 bits per heavy atom. The van der Waals surface area contributed by atoms with Gasteiger partial charge in [0.1, 0.15) is 0 Å². The first kappa shape index (κ1) is 10.2. The first-order chi connectivity index (χ1) is 7.31. The molecule has 0 fully saturated rings. The maximum atomic E-state index is 11.6. The van der Waals surface area contributed by atoms with E-state index in [9.17, 15) is 4.79 Å². The predicted molar refractivity (Wildman–Crippen MR) is 59.6 cm³/mol. The zero-order chi connectivity index (χ0) is 10.7. The van der Waals surface area contributed by atoms with E-state index >= 15 is 0 Å². The average molecular weight is 204 g/mol. The molecule has 80 valence electrons. The maximum absolute atomic E-state index is 11.6. The second-order valence-electron chi connectivity index (χ2n) is 3.89. The number of nitrogens with one attached hydrogen (secondary N) is 2. The Kier molecular flexibility index (Phi) is 3.02. The van der Waals surface area contributed by atoms with E-state index in [4.69, 9.17) is 0 Å². The SMILES string of the molecule is CNNC(=O)c1ccc2c(c1)CCCC2. The van der Waals surface area contributed by atoms with Crippen molar-refractivity contribution in [2.24, 2.45) is 0 Å². The number of hydrogen-bond donors (Lipinski definition) is 2. The molecule has 0 spiro atoms. The molecule has 2 rings (SSSR count). The van der Waals surface area contributed by atoms with Crippen LogP contribution in [-0.4, -0.2) is 13.0 Å². The number of hydrogen-bond acceptors (Lipinski definition) is 2. The summed E-state index contributed by atoms with van der Waals surface area (Å²) in [4.78, 5) is 11.6.